The SMILES string of the molecule is C[C@H]1Cc2ccccc2N1C(=O)CN1C(=O)N[C@](C)(c2ccc(C(C)(C)C)cc2)C1=O. The van der Waals surface area contributed by atoms with Crippen LogP contribution in [0.3, 0.4) is 0 Å². The molecule has 1 N–H and O–H groups in total. The molecule has 0 aromatic heterocycles. The van der Waals surface area contributed by atoms with Crippen molar-refractivity contribution in [2.24, 2.45) is 0 Å². The van der Waals surface area contributed by atoms with Crippen LogP contribution in [0.15, 0.2) is 48.5 Å². The van der Waals surface area contributed by atoms with Crippen LogP contribution in [0.5, 0.6) is 0 Å². The van der Waals surface area contributed by atoms with Crippen molar-refractivity contribution in [2.45, 2.75) is 58.0 Å². The number of amides is 4. The van der Waals surface area contributed by atoms with Crippen LogP contribution in [0, 0.1) is 0 Å². The van der Waals surface area contributed by atoms with Crippen molar-refractivity contribution in [1.29, 1.82) is 0 Å². The molecule has 1 saturated heterocycles. The van der Waals surface area contributed by atoms with E-state index in [1.807, 2.05) is 55.5 Å². The van der Waals surface area contributed by atoms with Crippen LogP contribution in [0.25, 0.3) is 0 Å². The number of hydrogen-bond acceptors (Lipinski definition) is 3. The van der Waals surface area contributed by atoms with Gasteiger partial charge in [-0.25, -0.2) is 4.79 Å². The van der Waals surface area contributed by atoms with E-state index in [1.165, 1.54) is 0 Å². The molecular formula is C25H29N3O3. The van der Waals surface area contributed by atoms with Crippen molar-refractivity contribution in [1.82, 2.24) is 10.2 Å². The molecule has 6 nitrogen and oxygen atoms in total. The zero-order valence-electron chi connectivity index (χ0n) is 18.7. The number of carbonyl (C=O) groups excluding carboxylic acids is 3. The van der Waals surface area contributed by atoms with E-state index in [0.29, 0.717) is 5.56 Å². The maximum Gasteiger partial charge on any atom is 0.325 e. The Morgan fingerprint density at radius 2 is 1.74 bits per heavy atom. The lowest BCUT2D eigenvalue weighted by atomic mass is 9.84. The molecule has 2 atom stereocenters. The summed E-state index contributed by atoms with van der Waals surface area (Å²) in [5.74, 6) is -0.664. The Bertz CT molecular complexity index is 1050. The van der Waals surface area contributed by atoms with Gasteiger partial charge in [0.15, 0.2) is 0 Å². The fraction of sp³-hybridized carbons (Fsp3) is 0.400. The molecule has 162 valence electrons. The normalized spacial score (nSPS) is 23.2. The first kappa shape index (κ1) is 21.1. The summed E-state index contributed by atoms with van der Waals surface area (Å²) in [6, 6.07) is 14.9. The van der Waals surface area contributed by atoms with E-state index in [1.54, 1.807) is 11.8 Å². The summed E-state index contributed by atoms with van der Waals surface area (Å²) in [4.78, 5) is 41.8. The second-order valence-corrected chi connectivity index (χ2v) is 9.72. The van der Waals surface area contributed by atoms with E-state index in [0.717, 1.165) is 28.1 Å². The molecule has 2 aromatic rings. The average molecular weight is 420 g/mol. The van der Waals surface area contributed by atoms with Gasteiger partial charge in [-0.05, 0) is 48.4 Å². The number of urea groups is 1. The number of nitrogens with zero attached hydrogens (tertiary/aromatic N) is 2. The third kappa shape index (κ3) is 3.50. The average Bonchev–Trinajstić information content (AvgIpc) is 3.16. The topological polar surface area (TPSA) is 69.7 Å². The summed E-state index contributed by atoms with van der Waals surface area (Å²) in [7, 11) is 0. The third-order valence-electron chi connectivity index (χ3n) is 6.37. The van der Waals surface area contributed by atoms with Crippen LogP contribution < -0.4 is 10.2 Å². The second kappa shape index (κ2) is 7.22. The van der Waals surface area contributed by atoms with Gasteiger partial charge in [0.2, 0.25) is 5.91 Å². The molecule has 4 amide bonds. The quantitative estimate of drug-likeness (QED) is 0.771. The number of nitrogens with one attached hydrogen (secondary N) is 1. The van der Waals surface area contributed by atoms with Crippen molar-refractivity contribution >= 4 is 23.5 Å². The Morgan fingerprint density at radius 1 is 1.10 bits per heavy atom. The van der Waals surface area contributed by atoms with E-state index >= 15 is 0 Å². The molecule has 1 fully saturated rings. The largest absolute Gasteiger partial charge is 0.325 e. The van der Waals surface area contributed by atoms with Gasteiger partial charge >= 0.3 is 6.03 Å². The molecule has 0 spiro atoms. The minimum Gasteiger partial charge on any atom is -0.319 e. The zero-order valence-corrected chi connectivity index (χ0v) is 18.7. The molecule has 0 unspecified atom stereocenters. The van der Waals surface area contributed by atoms with E-state index < -0.39 is 17.5 Å². The van der Waals surface area contributed by atoms with Gasteiger partial charge in [0, 0.05) is 11.7 Å². The minimum atomic E-state index is -1.19. The van der Waals surface area contributed by atoms with E-state index in [2.05, 4.69) is 26.1 Å². The summed E-state index contributed by atoms with van der Waals surface area (Å²) in [6.07, 6.45) is 0.764. The lowest BCUT2D eigenvalue weighted by Gasteiger charge is -2.26. The molecule has 2 aliphatic rings. The summed E-state index contributed by atoms with van der Waals surface area (Å²) in [5, 5.41) is 2.80. The number of imide groups is 1. The standard InChI is InChI=1S/C25H29N3O3/c1-16-14-17-8-6-7-9-20(17)28(16)21(29)15-27-22(30)25(5,26-23(27)31)19-12-10-18(11-13-19)24(2,3)4/h6-13,16H,14-15H2,1-5H3,(H,26,31)/t16-,25+/m0/s1. The summed E-state index contributed by atoms with van der Waals surface area (Å²) in [6.45, 7) is 9.76. The van der Waals surface area contributed by atoms with E-state index in [-0.39, 0.29) is 23.9 Å². The van der Waals surface area contributed by atoms with Gasteiger partial charge in [-0.2, -0.15) is 0 Å². The molecule has 2 heterocycles. The molecule has 6 heteroatoms. The smallest absolute Gasteiger partial charge is 0.319 e. The van der Waals surface area contributed by atoms with Crippen molar-refractivity contribution in [3.05, 3.63) is 65.2 Å². The van der Waals surface area contributed by atoms with Crippen LogP contribution in [0.2, 0.25) is 0 Å². The zero-order chi connectivity index (χ0) is 22.6. The first-order valence-electron chi connectivity index (χ1n) is 10.7. The maximum absolute atomic E-state index is 13.3. The van der Waals surface area contributed by atoms with E-state index in [9.17, 15) is 14.4 Å². The fourth-order valence-electron chi connectivity index (χ4n) is 4.50. The van der Waals surface area contributed by atoms with Gasteiger partial charge in [0.25, 0.3) is 5.91 Å². The van der Waals surface area contributed by atoms with Gasteiger partial charge in [-0.3, -0.25) is 14.5 Å². The highest BCUT2D eigenvalue weighted by molar-refractivity contribution is 6.10. The van der Waals surface area contributed by atoms with Gasteiger partial charge < -0.3 is 10.2 Å². The molecule has 2 aromatic carbocycles. The number of fused-ring (bicyclic) bond motifs is 1. The Hall–Kier alpha value is -3.15. The fourth-order valence-corrected chi connectivity index (χ4v) is 4.50. The Labute approximate surface area is 183 Å². The summed E-state index contributed by atoms with van der Waals surface area (Å²) in [5.41, 5.74) is 2.60. The number of para-hydroxylation sites is 1. The highest BCUT2D eigenvalue weighted by atomic mass is 16.2. The number of hydrogen-bond donors (Lipinski definition) is 1. The molecule has 0 saturated carbocycles. The minimum absolute atomic E-state index is 0.0104. The number of rotatable bonds is 3. The van der Waals surface area contributed by atoms with Crippen molar-refractivity contribution in [3.63, 3.8) is 0 Å². The molecule has 4 rings (SSSR count). The van der Waals surface area contributed by atoms with Gasteiger partial charge in [0.1, 0.15) is 12.1 Å². The third-order valence-corrected chi connectivity index (χ3v) is 6.37. The Morgan fingerprint density at radius 3 is 2.39 bits per heavy atom. The highest BCUT2D eigenvalue weighted by Gasteiger charge is 2.50. The van der Waals surface area contributed by atoms with Crippen LogP contribution in [0.4, 0.5) is 10.5 Å². The molecule has 31 heavy (non-hydrogen) atoms. The Kier molecular flexibility index (Phi) is 4.91. The van der Waals surface area contributed by atoms with E-state index in [4.69, 9.17) is 0 Å². The first-order chi connectivity index (χ1) is 14.5. The van der Waals surface area contributed by atoms with Gasteiger partial charge in [-0.15, -0.1) is 0 Å². The summed E-state index contributed by atoms with van der Waals surface area (Å²) >= 11 is 0. The van der Waals surface area contributed by atoms with Crippen LogP contribution in [0.1, 0.15) is 51.3 Å². The van der Waals surface area contributed by atoms with Gasteiger partial charge in [-0.1, -0.05) is 63.2 Å². The van der Waals surface area contributed by atoms with Crippen molar-refractivity contribution in [3.8, 4) is 0 Å². The maximum atomic E-state index is 13.3. The Balaban J connectivity index is 1.55. The predicted octanol–water partition coefficient (Wildman–Crippen LogP) is 3.73. The number of carbonyl (C=O) groups is 3. The number of anilines is 1. The monoisotopic (exact) mass is 419 g/mol. The predicted molar refractivity (Wildman–Crippen MR) is 120 cm³/mol. The van der Waals surface area contributed by atoms with Crippen LogP contribution in [-0.2, 0) is 27.0 Å². The van der Waals surface area contributed by atoms with Gasteiger partial charge in [0.05, 0.1) is 0 Å². The van der Waals surface area contributed by atoms with Crippen LogP contribution >= 0.6 is 0 Å². The van der Waals surface area contributed by atoms with Crippen molar-refractivity contribution < 1.29 is 14.4 Å². The molecule has 0 aliphatic carbocycles. The van der Waals surface area contributed by atoms with Crippen LogP contribution in [-0.4, -0.2) is 35.3 Å². The number of benzene rings is 2. The molecule has 2 aliphatic heterocycles. The summed E-state index contributed by atoms with van der Waals surface area (Å²) < 4.78 is 0. The molecular weight excluding hydrogens is 390 g/mol. The lowest BCUT2D eigenvalue weighted by Crippen LogP contribution is -2.46. The molecule has 0 bridgehead atoms. The highest BCUT2D eigenvalue weighted by Crippen LogP contribution is 2.34. The second-order valence-electron chi connectivity index (χ2n) is 9.72. The van der Waals surface area contributed by atoms with Crippen molar-refractivity contribution in [2.75, 3.05) is 11.4 Å². The molecule has 0 radical (unpaired) electrons. The lowest BCUT2D eigenvalue weighted by molar-refractivity contribution is -0.134. The first-order valence-corrected chi connectivity index (χ1v) is 10.7.